The van der Waals surface area contributed by atoms with Crippen molar-refractivity contribution in [1.82, 2.24) is 5.32 Å². The van der Waals surface area contributed by atoms with Crippen molar-refractivity contribution >= 4 is 15.9 Å². The van der Waals surface area contributed by atoms with E-state index in [9.17, 15) is 5.11 Å². The predicted octanol–water partition coefficient (Wildman–Crippen LogP) is 3.54. The molecule has 0 unspecified atom stereocenters. The summed E-state index contributed by atoms with van der Waals surface area (Å²) in [5, 5.41) is 14.3. The molecule has 1 heterocycles. The molecule has 1 aromatic rings. The molecule has 1 atom stereocenters. The molecule has 1 spiro atoms. The summed E-state index contributed by atoms with van der Waals surface area (Å²) in [4.78, 5) is 0. The van der Waals surface area contributed by atoms with Crippen LogP contribution in [0.5, 0.6) is 0 Å². The first-order valence-corrected chi connectivity index (χ1v) is 9.29. The van der Waals surface area contributed by atoms with E-state index in [-0.39, 0.29) is 6.04 Å². The molecule has 5 heteroatoms. The van der Waals surface area contributed by atoms with Crippen molar-refractivity contribution in [3.05, 3.63) is 34.3 Å². The highest BCUT2D eigenvalue weighted by molar-refractivity contribution is 9.10. The Hall–Kier alpha value is -0.460. The standard InChI is InChI=1S/C18H26BrNO3/c1-14(15-2-4-16(19)5-3-15)20-11-10-17(21)6-8-18(9-7-17)22-12-13-23-18/h2-5,14,20-21H,6-13H2,1H3/t14-/m0/s1. The van der Waals surface area contributed by atoms with Crippen LogP contribution in [0.2, 0.25) is 0 Å². The molecule has 2 N–H and O–H groups in total. The molecule has 0 amide bonds. The molecule has 2 fully saturated rings. The largest absolute Gasteiger partial charge is 0.390 e. The zero-order chi connectivity index (χ0) is 16.3. The van der Waals surface area contributed by atoms with Gasteiger partial charge in [-0.05, 0) is 50.4 Å². The van der Waals surface area contributed by atoms with Crippen molar-refractivity contribution in [2.45, 2.75) is 56.5 Å². The smallest absolute Gasteiger partial charge is 0.168 e. The highest BCUT2D eigenvalue weighted by atomic mass is 79.9. The lowest BCUT2D eigenvalue weighted by molar-refractivity contribution is -0.203. The van der Waals surface area contributed by atoms with Gasteiger partial charge >= 0.3 is 0 Å². The molecule has 1 aliphatic heterocycles. The van der Waals surface area contributed by atoms with Crippen molar-refractivity contribution in [1.29, 1.82) is 0 Å². The minimum Gasteiger partial charge on any atom is -0.390 e. The van der Waals surface area contributed by atoms with Crippen LogP contribution in [0, 0.1) is 0 Å². The monoisotopic (exact) mass is 383 g/mol. The maximum Gasteiger partial charge on any atom is 0.168 e. The Balaban J connectivity index is 1.44. The Labute approximate surface area is 146 Å². The third kappa shape index (κ3) is 4.34. The van der Waals surface area contributed by atoms with Crippen molar-refractivity contribution in [2.24, 2.45) is 0 Å². The maximum atomic E-state index is 10.8. The minimum absolute atomic E-state index is 0.281. The summed E-state index contributed by atoms with van der Waals surface area (Å²) in [6.45, 7) is 4.33. The van der Waals surface area contributed by atoms with Gasteiger partial charge in [-0.1, -0.05) is 28.1 Å². The summed E-state index contributed by atoms with van der Waals surface area (Å²) in [5.74, 6) is -0.398. The molecule has 3 rings (SSSR count). The number of nitrogens with one attached hydrogen (secondary N) is 1. The summed E-state index contributed by atoms with van der Waals surface area (Å²) in [6, 6.07) is 8.64. The molecule has 1 aliphatic carbocycles. The molecular formula is C18H26BrNO3. The number of ether oxygens (including phenoxy) is 2. The van der Waals surface area contributed by atoms with Crippen molar-refractivity contribution < 1.29 is 14.6 Å². The van der Waals surface area contributed by atoms with Crippen LogP contribution >= 0.6 is 15.9 Å². The lowest BCUT2D eigenvalue weighted by Crippen LogP contribution is -2.45. The molecule has 2 aliphatic rings. The van der Waals surface area contributed by atoms with E-state index in [4.69, 9.17) is 9.47 Å². The lowest BCUT2D eigenvalue weighted by atomic mass is 9.79. The van der Waals surface area contributed by atoms with Crippen LogP contribution in [-0.2, 0) is 9.47 Å². The average Bonchev–Trinajstić information content (AvgIpc) is 3.00. The molecule has 1 saturated carbocycles. The summed E-state index contributed by atoms with van der Waals surface area (Å²) >= 11 is 3.46. The van der Waals surface area contributed by atoms with E-state index in [1.54, 1.807) is 0 Å². The van der Waals surface area contributed by atoms with Gasteiger partial charge in [0.25, 0.3) is 0 Å². The van der Waals surface area contributed by atoms with Crippen molar-refractivity contribution in [2.75, 3.05) is 19.8 Å². The summed E-state index contributed by atoms with van der Waals surface area (Å²) in [5.41, 5.74) is 0.669. The number of rotatable bonds is 5. The third-order valence-corrected chi connectivity index (χ3v) is 5.70. The van der Waals surface area contributed by atoms with Gasteiger partial charge in [0, 0.05) is 23.4 Å². The molecule has 128 valence electrons. The Morgan fingerprint density at radius 1 is 1.13 bits per heavy atom. The van der Waals surface area contributed by atoms with Gasteiger partial charge in [0.15, 0.2) is 5.79 Å². The fourth-order valence-electron chi connectivity index (χ4n) is 3.52. The van der Waals surface area contributed by atoms with Crippen molar-refractivity contribution in [3.63, 3.8) is 0 Å². The van der Waals surface area contributed by atoms with Crippen LogP contribution in [0.3, 0.4) is 0 Å². The second-order valence-electron chi connectivity index (χ2n) is 6.81. The topological polar surface area (TPSA) is 50.7 Å². The van der Waals surface area contributed by atoms with E-state index in [1.165, 1.54) is 5.56 Å². The quantitative estimate of drug-likeness (QED) is 0.816. The van der Waals surface area contributed by atoms with Crippen LogP contribution in [0.15, 0.2) is 28.7 Å². The maximum absolute atomic E-state index is 10.8. The van der Waals surface area contributed by atoms with Gasteiger partial charge in [0.05, 0.1) is 18.8 Å². The highest BCUT2D eigenvalue weighted by Crippen LogP contribution is 2.41. The summed E-state index contributed by atoms with van der Waals surface area (Å²) < 4.78 is 12.6. The first-order chi connectivity index (χ1) is 11.0. The van der Waals surface area contributed by atoms with Gasteiger partial charge in [-0.25, -0.2) is 0 Å². The third-order valence-electron chi connectivity index (χ3n) is 5.17. The van der Waals surface area contributed by atoms with Gasteiger partial charge in [0.2, 0.25) is 0 Å². The number of halogens is 1. The van der Waals surface area contributed by atoms with Crippen LogP contribution in [0.1, 0.15) is 50.6 Å². The van der Waals surface area contributed by atoms with E-state index < -0.39 is 11.4 Å². The number of hydrogen-bond acceptors (Lipinski definition) is 4. The Morgan fingerprint density at radius 2 is 1.74 bits per heavy atom. The second kappa shape index (κ2) is 7.19. The molecule has 0 radical (unpaired) electrons. The van der Waals surface area contributed by atoms with Crippen LogP contribution in [0.4, 0.5) is 0 Å². The fraction of sp³-hybridized carbons (Fsp3) is 0.667. The first kappa shape index (κ1) is 17.4. The number of aliphatic hydroxyl groups is 1. The zero-order valence-electron chi connectivity index (χ0n) is 13.7. The molecule has 1 aromatic carbocycles. The van der Waals surface area contributed by atoms with E-state index in [0.29, 0.717) is 13.2 Å². The van der Waals surface area contributed by atoms with E-state index in [1.807, 2.05) is 0 Å². The normalized spacial score (nSPS) is 24.0. The van der Waals surface area contributed by atoms with Crippen LogP contribution in [-0.4, -0.2) is 36.3 Å². The average molecular weight is 384 g/mol. The summed E-state index contributed by atoms with van der Waals surface area (Å²) in [6.07, 6.45) is 3.87. The first-order valence-electron chi connectivity index (χ1n) is 8.50. The summed E-state index contributed by atoms with van der Waals surface area (Å²) in [7, 11) is 0. The van der Waals surface area contributed by atoms with Gasteiger partial charge in [-0.3, -0.25) is 0 Å². The van der Waals surface area contributed by atoms with Crippen LogP contribution < -0.4 is 5.32 Å². The van der Waals surface area contributed by atoms with Gasteiger partial charge in [-0.2, -0.15) is 0 Å². The minimum atomic E-state index is -0.590. The number of benzene rings is 1. The number of hydrogen-bond donors (Lipinski definition) is 2. The highest BCUT2D eigenvalue weighted by Gasteiger charge is 2.45. The van der Waals surface area contributed by atoms with Crippen LogP contribution in [0.25, 0.3) is 0 Å². The molecule has 4 nitrogen and oxygen atoms in total. The fourth-order valence-corrected chi connectivity index (χ4v) is 3.79. The SMILES string of the molecule is C[C@H](NCCC1(O)CCC2(CC1)OCCO2)c1ccc(Br)cc1. The Bertz CT molecular complexity index is 504. The molecule has 0 aromatic heterocycles. The molecule has 23 heavy (non-hydrogen) atoms. The molecule has 1 saturated heterocycles. The molecular weight excluding hydrogens is 358 g/mol. The van der Waals surface area contributed by atoms with Gasteiger partial charge < -0.3 is 19.9 Å². The van der Waals surface area contributed by atoms with E-state index in [2.05, 4.69) is 52.4 Å². The Kier molecular flexibility index (Phi) is 5.43. The van der Waals surface area contributed by atoms with E-state index in [0.717, 1.165) is 43.1 Å². The Morgan fingerprint density at radius 3 is 2.35 bits per heavy atom. The lowest BCUT2D eigenvalue weighted by Gasteiger charge is -2.40. The van der Waals surface area contributed by atoms with Gasteiger partial charge in [0.1, 0.15) is 0 Å². The second-order valence-corrected chi connectivity index (χ2v) is 7.72. The predicted molar refractivity (Wildman–Crippen MR) is 93.2 cm³/mol. The van der Waals surface area contributed by atoms with Gasteiger partial charge in [-0.15, -0.1) is 0 Å². The molecule has 0 bridgehead atoms. The van der Waals surface area contributed by atoms with Crippen molar-refractivity contribution in [3.8, 4) is 0 Å². The van der Waals surface area contributed by atoms with E-state index >= 15 is 0 Å². The zero-order valence-corrected chi connectivity index (χ0v) is 15.3.